The number of nitrogens with one attached hydrogen (secondary N) is 1. The molecule has 1 aromatic heterocycles. The van der Waals surface area contributed by atoms with Crippen LogP contribution in [0.15, 0.2) is 12.4 Å². The van der Waals surface area contributed by atoms with Gasteiger partial charge in [0.05, 0.1) is 29.6 Å². The second kappa shape index (κ2) is 7.76. The van der Waals surface area contributed by atoms with Gasteiger partial charge in [-0.25, -0.2) is 9.97 Å². The summed E-state index contributed by atoms with van der Waals surface area (Å²) in [5.74, 6) is 0.642. The summed E-state index contributed by atoms with van der Waals surface area (Å²) in [5.41, 5.74) is 0. The lowest BCUT2D eigenvalue weighted by Gasteiger charge is -2.35. The number of hydrogen-bond acceptors (Lipinski definition) is 5. The molecule has 112 valence electrons. The van der Waals surface area contributed by atoms with Crippen molar-refractivity contribution in [2.24, 2.45) is 0 Å². The minimum Gasteiger partial charge on any atom is -0.373 e. The van der Waals surface area contributed by atoms with Gasteiger partial charge in [0.1, 0.15) is 0 Å². The highest BCUT2D eigenvalue weighted by Crippen LogP contribution is 2.11. The Labute approximate surface area is 125 Å². The number of unbranched alkanes of at least 4 members (excludes halogenated alkanes) is 1. The van der Waals surface area contributed by atoms with Gasteiger partial charge in [0.15, 0.2) is 0 Å². The molecule has 0 spiro atoms. The molecule has 0 radical (unpaired) electrons. The van der Waals surface area contributed by atoms with Crippen LogP contribution < -0.4 is 5.32 Å². The van der Waals surface area contributed by atoms with Gasteiger partial charge in [-0.1, -0.05) is 11.6 Å². The smallest absolute Gasteiger partial charge is 0.222 e. The number of ether oxygens (including phenoxy) is 1. The fourth-order valence-corrected chi connectivity index (χ4v) is 2.63. The Morgan fingerprint density at radius 3 is 2.55 bits per heavy atom. The largest absolute Gasteiger partial charge is 0.373 e. The predicted molar refractivity (Wildman–Crippen MR) is 81.2 cm³/mol. The summed E-state index contributed by atoms with van der Waals surface area (Å²) in [6.07, 6.45) is 6.17. The summed E-state index contributed by atoms with van der Waals surface area (Å²) in [7, 11) is 0. The number of morpholine rings is 1. The first kappa shape index (κ1) is 15.5. The van der Waals surface area contributed by atoms with Gasteiger partial charge in [-0.3, -0.25) is 4.90 Å². The van der Waals surface area contributed by atoms with E-state index >= 15 is 0 Å². The van der Waals surface area contributed by atoms with Crippen LogP contribution in [0.2, 0.25) is 5.02 Å². The summed E-state index contributed by atoms with van der Waals surface area (Å²) in [5, 5.41) is 3.76. The van der Waals surface area contributed by atoms with E-state index < -0.39 is 0 Å². The number of hydrogen-bond donors (Lipinski definition) is 1. The molecule has 1 saturated heterocycles. The molecule has 5 nitrogen and oxygen atoms in total. The molecule has 1 N–H and O–H groups in total. The third kappa shape index (κ3) is 5.23. The van der Waals surface area contributed by atoms with E-state index in [1.165, 1.54) is 6.42 Å². The normalized spacial score (nSPS) is 23.8. The number of nitrogens with zero attached hydrogens (tertiary/aromatic N) is 3. The minimum absolute atomic E-state index is 0.347. The van der Waals surface area contributed by atoms with E-state index in [0.717, 1.165) is 32.6 Å². The highest BCUT2D eigenvalue weighted by atomic mass is 35.5. The third-order valence-corrected chi connectivity index (χ3v) is 3.49. The lowest BCUT2D eigenvalue weighted by molar-refractivity contribution is -0.0681. The molecule has 6 heteroatoms. The van der Waals surface area contributed by atoms with Crippen molar-refractivity contribution < 1.29 is 4.74 Å². The molecule has 2 unspecified atom stereocenters. The first-order valence-corrected chi connectivity index (χ1v) is 7.60. The van der Waals surface area contributed by atoms with Crippen LogP contribution in [0.25, 0.3) is 0 Å². The molecule has 1 aliphatic rings. The van der Waals surface area contributed by atoms with E-state index in [-0.39, 0.29) is 0 Å². The average Bonchev–Trinajstić information content (AvgIpc) is 2.39. The van der Waals surface area contributed by atoms with Gasteiger partial charge in [0.25, 0.3) is 0 Å². The monoisotopic (exact) mass is 298 g/mol. The van der Waals surface area contributed by atoms with Gasteiger partial charge >= 0.3 is 0 Å². The average molecular weight is 299 g/mol. The number of halogens is 1. The summed E-state index contributed by atoms with van der Waals surface area (Å²) in [4.78, 5) is 10.7. The predicted octanol–water partition coefficient (Wildman–Crippen LogP) is 2.43. The molecule has 2 heterocycles. The van der Waals surface area contributed by atoms with Gasteiger partial charge in [-0.05, 0) is 33.2 Å². The Kier molecular flexibility index (Phi) is 6.01. The van der Waals surface area contributed by atoms with Crippen LogP contribution in [0.5, 0.6) is 0 Å². The molecule has 1 aliphatic heterocycles. The quantitative estimate of drug-likeness (QED) is 0.818. The molecule has 0 aliphatic carbocycles. The van der Waals surface area contributed by atoms with Crippen LogP contribution >= 0.6 is 11.6 Å². The first-order valence-electron chi connectivity index (χ1n) is 7.22. The molecule has 2 rings (SSSR count). The van der Waals surface area contributed by atoms with E-state index in [1.54, 1.807) is 12.4 Å². The van der Waals surface area contributed by atoms with Crippen LogP contribution in [-0.4, -0.2) is 53.3 Å². The first-order chi connectivity index (χ1) is 9.63. The van der Waals surface area contributed by atoms with Crippen molar-refractivity contribution in [2.45, 2.75) is 38.9 Å². The van der Waals surface area contributed by atoms with Crippen LogP contribution in [0.1, 0.15) is 26.7 Å². The molecule has 0 saturated carbocycles. The molecule has 0 bridgehead atoms. The topological polar surface area (TPSA) is 50.3 Å². The second-order valence-corrected chi connectivity index (χ2v) is 5.81. The Balaban J connectivity index is 1.58. The van der Waals surface area contributed by atoms with Crippen molar-refractivity contribution in [3.8, 4) is 0 Å². The van der Waals surface area contributed by atoms with Crippen LogP contribution in [-0.2, 0) is 4.74 Å². The maximum absolute atomic E-state index is 5.74. The summed E-state index contributed by atoms with van der Waals surface area (Å²) < 4.78 is 5.73. The van der Waals surface area contributed by atoms with Crippen molar-refractivity contribution in [2.75, 3.05) is 31.5 Å². The Bertz CT molecular complexity index is 391. The number of aromatic nitrogens is 2. The van der Waals surface area contributed by atoms with Crippen LogP contribution in [0, 0.1) is 0 Å². The lowest BCUT2D eigenvalue weighted by Crippen LogP contribution is -2.45. The Hall–Kier alpha value is -0.910. The van der Waals surface area contributed by atoms with Gasteiger partial charge < -0.3 is 10.1 Å². The van der Waals surface area contributed by atoms with Crippen molar-refractivity contribution in [1.29, 1.82) is 0 Å². The zero-order valence-corrected chi connectivity index (χ0v) is 12.9. The molecule has 2 atom stereocenters. The maximum Gasteiger partial charge on any atom is 0.222 e. The minimum atomic E-state index is 0.347. The number of anilines is 1. The highest BCUT2D eigenvalue weighted by Gasteiger charge is 2.21. The van der Waals surface area contributed by atoms with E-state index in [2.05, 4.69) is 34.0 Å². The van der Waals surface area contributed by atoms with Crippen LogP contribution in [0.3, 0.4) is 0 Å². The lowest BCUT2D eigenvalue weighted by atomic mass is 10.2. The highest BCUT2D eigenvalue weighted by molar-refractivity contribution is 6.30. The van der Waals surface area contributed by atoms with Gasteiger partial charge in [-0.2, -0.15) is 0 Å². The Morgan fingerprint density at radius 1 is 1.25 bits per heavy atom. The van der Waals surface area contributed by atoms with Crippen molar-refractivity contribution in [1.82, 2.24) is 14.9 Å². The van der Waals surface area contributed by atoms with Gasteiger partial charge in [0, 0.05) is 19.6 Å². The van der Waals surface area contributed by atoms with Gasteiger partial charge in [-0.15, -0.1) is 0 Å². The molecule has 0 amide bonds. The third-order valence-electron chi connectivity index (χ3n) is 3.30. The van der Waals surface area contributed by atoms with Gasteiger partial charge in [0.2, 0.25) is 5.95 Å². The van der Waals surface area contributed by atoms with Crippen molar-refractivity contribution >= 4 is 17.5 Å². The maximum atomic E-state index is 5.74. The zero-order chi connectivity index (χ0) is 14.4. The van der Waals surface area contributed by atoms with E-state index in [4.69, 9.17) is 16.3 Å². The van der Waals surface area contributed by atoms with Crippen molar-refractivity contribution in [3.05, 3.63) is 17.4 Å². The SMILES string of the molecule is CC1CN(CCCCNc2ncc(Cl)cn2)CC(C)O1. The zero-order valence-electron chi connectivity index (χ0n) is 12.2. The standard InChI is InChI=1S/C14H23ClN4O/c1-11-9-19(10-12(2)20-11)6-4-3-5-16-14-17-7-13(15)8-18-14/h7-8,11-12H,3-6,9-10H2,1-2H3,(H,16,17,18). The fraction of sp³-hybridized carbons (Fsp3) is 0.714. The fourth-order valence-electron chi connectivity index (χ4n) is 2.53. The molecular formula is C14H23ClN4O. The summed E-state index contributed by atoms with van der Waals surface area (Å²) in [6, 6.07) is 0. The van der Waals surface area contributed by atoms with E-state index in [0.29, 0.717) is 23.2 Å². The van der Waals surface area contributed by atoms with E-state index in [1.807, 2.05) is 0 Å². The Morgan fingerprint density at radius 2 is 1.90 bits per heavy atom. The number of rotatable bonds is 6. The molecule has 1 fully saturated rings. The second-order valence-electron chi connectivity index (χ2n) is 5.38. The molecule has 20 heavy (non-hydrogen) atoms. The molecular weight excluding hydrogens is 276 g/mol. The molecule has 0 aromatic carbocycles. The van der Waals surface area contributed by atoms with Crippen molar-refractivity contribution in [3.63, 3.8) is 0 Å². The summed E-state index contributed by atoms with van der Waals surface area (Å²) >= 11 is 5.74. The van der Waals surface area contributed by atoms with E-state index in [9.17, 15) is 0 Å². The molecule has 1 aromatic rings. The van der Waals surface area contributed by atoms with Crippen LogP contribution in [0.4, 0.5) is 5.95 Å². The summed E-state index contributed by atoms with van der Waals surface area (Å²) in [6.45, 7) is 8.37.